The summed E-state index contributed by atoms with van der Waals surface area (Å²) in [5.74, 6) is 5.43. The minimum Gasteiger partial charge on any atom is -0.334 e. The molecular formula is C12H11ClN4O2S. The number of nitrogens with zero attached hydrogens (tertiary/aromatic N) is 1. The van der Waals surface area contributed by atoms with Gasteiger partial charge in [0.05, 0.1) is 30.3 Å². The molecule has 0 fully saturated rings. The summed E-state index contributed by atoms with van der Waals surface area (Å²) in [5, 5.41) is 0.418. The third-order valence-electron chi connectivity index (χ3n) is 2.31. The second kappa shape index (κ2) is 5.96. The van der Waals surface area contributed by atoms with Gasteiger partial charge in [0.1, 0.15) is 0 Å². The molecule has 0 aliphatic heterocycles. The highest BCUT2D eigenvalue weighted by Crippen LogP contribution is 2.22. The lowest BCUT2D eigenvalue weighted by molar-refractivity contribution is 0.598. The van der Waals surface area contributed by atoms with Crippen LogP contribution < -0.4 is 10.5 Å². The number of benzene rings is 1. The summed E-state index contributed by atoms with van der Waals surface area (Å²) in [6, 6.07) is 4.67. The lowest BCUT2D eigenvalue weighted by Gasteiger charge is -2.08. The SMILES string of the molecule is NCC#Cc1cc(Cl)ccc1NS(=O)(=O)c1cnc[nH]1. The van der Waals surface area contributed by atoms with E-state index in [0.29, 0.717) is 16.3 Å². The molecule has 4 N–H and O–H groups in total. The zero-order valence-electron chi connectivity index (χ0n) is 10.2. The zero-order valence-corrected chi connectivity index (χ0v) is 11.8. The molecule has 0 unspecified atom stereocenters. The Balaban J connectivity index is 2.39. The number of aromatic amines is 1. The van der Waals surface area contributed by atoms with Crippen LogP contribution >= 0.6 is 11.6 Å². The predicted octanol–water partition coefficient (Wildman–Crippen LogP) is 1.17. The molecule has 0 bridgehead atoms. The van der Waals surface area contributed by atoms with Crippen LogP contribution in [0.15, 0.2) is 35.7 Å². The van der Waals surface area contributed by atoms with Crippen molar-refractivity contribution in [1.82, 2.24) is 9.97 Å². The molecule has 0 aliphatic rings. The minimum absolute atomic E-state index is 0.0369. The van der Waals surface area contributed by atoms with Gasteiger partial charge in [-0.1, -0.05) is 23.4 Å². The average Bonchev–Trinajstić information content (AvgIpc) is 2.93. The number of H-pyrrole nitrogens is 1. The standard InChI is InChI=1S/C12H11ClN4O2S/c13-10-3-4-11(9(6-10)2-1-5-14)17-20(18,19)12-7-15-8-16-12/h3-4,6-8,17H,5,14H2,(H,15,16). The number of aromatic nitrogens is 2. The van der Waals surface area contributed by atoms with E-state index in [2.05, 4.69) is 26.5 Å². The zero-order chi connectivity index (χ0) is 14.6. The number of hydrogen-bond acceptors (Lipinski definition) is 4. The van der Waals surface area contributed by atoms with E-state index in [0.717, 1.165) is 0 Å². The molecule has 6 nitrogen and oxygen atoms in total. The van der Waals surface area contributed by atoms with Gasteiger partial charge in [0.15, 0.2) is 5.03 Å². The summed E-state index contributed by atoms with van der Waals surface area (Å²) in [4.78, 5) is 6.20. The fraction of sp³-hybridized carbons (Fsp3) is 0.0833. The number of rotatable bonds is 3. The Bertz CT molecular complexity index is 760. The highest BCUT2D eigenvalue weighted by atomic mass is 35.5. The van der Waals surface area contributed by atoms with Crippen molar-refractivity contribution in [3.63, 3.8) is 0 Å². The first kappa shape index (κ1) is 14.4. The van der Waals surface area contributed by atoms with E-state index < -0.39 is 10.0 Å². The number of nitrogens with two attached hydrogens (primary N) is 1. The highest BCUT2D eigenvalue weighted by molar-refractivity contribution is 7.92. The van der Waals surface area contributed by atoms with Gasteiger partial charge in [0.2, 0.25) is 0 Å². The second-order valence-corrected chi connectivity index (χ2v) is 5.80. The van der Waals surface area contributed by atoms with Gasteiger partial charge in [-0.25, -0.2) is 4.98 Å². The molecule has 1 heterocycles. The van der Waals surface area contributed by atoms with Gasteiger partial charge in [0.25, 0.3) is 10.0 Å². The third kappa shape index (κ3) is 3.30. The van der Waals surface area contributed by atoms with Crippen LogP contribution in [0, 0.1) is 11.8 Å². The third-order valence-corrected chi connectivity index (χ3v) is 3.84. The molecule has 0 saturated carbocycles. The van der Waals surface area contributed by atoms with Crippen LogP contribution in [0.1, 0.15) is 5.56 Å². The highest BCUT2D eigenvalue weighted by Gasteiger charge is 2.17. The number of sulfonamides is 1. The number of nitrogens with one attached hydrogen (secondary N) is 2. The van der Waals surface area contributed by atoms with Crippen LogP contribution in [0.4, 0.5) is 5.69 Å². The van der Waals surface area contributed by atoms with Crippen molar-refractivity contribution in [2.45, 2.75) is 5.03 Å². The number of anilines is 1. The van der Waals surface area contributed by atoms with E-state index in [9.17, 15) is 8.42 Å². The topological polar surface area (TPSA) is 101 Å². The van der Waals surface area contributed by atoms with Crippen LogP contribution in [0.2, 0.25) is 5.02 Å². The molecule has 0 radical (unpaired) electrons. The maximum Gasteiger partial charge on any atom is 0.279 e. The summed E-state index contributed by atoms with van der Waals surface area (Å²) in [5.41, 5.74) is 6.08. The van der Waals surface area contributed by atoms with Gasteiger partial charge in [-0.05, 0) is 18.2 Å². The Kier molecular flexibility index (Phi) is 4.29. The molecule has 2 rings (SSSR count). The fourth-order valence-electron chi connectivity index (χ4n) is 1.44. The van der Waals surface area contributed by atoms with E-state index in [4.69, 9.17) is 17.3 Å². The first-order chi connectivity index (χ1) is 9.53. The van der Waals surface area contributed by atoms with Gasteiger partial charge in [-0.3, -0.25) is 4.72 Å². The maximum atomic E-state index is 12.1. The lowest BCUT2D eigenvalue weighted by atomic mass is 10.2. The van der Waals surface area contributed by atoms with Gasteiger partial charge in [-0.2, -0.15) is 8.42 Å². The van der Waals surface area contributed by atoms with Crippen LogP contribution in [0.25, 0.3) is 0 Å². The van der Waals surface area contributed by atoms with Crippen LogP contribution in [-0.2, 0) is 10.0 Å². The molecule has 0 saturated heterocycles. The van der Waals surface area contributed by atoms with E-state index in [1.165, 1.54) is 18.6 Å². The van der Waals surface area contributed by atoms with Crippen LogP contribution in [-0.4, -0.2) is 24.9 Å². The lowest BCUT2D eigenvalue weighted by Crippen LogP contribution is -2.14. The summed E-state index contributed by atoms with van der Waals surface area (Å²) in [6.07, 6.45) is 2.50. The van der Waals surface area contributed by atoms with Crippen molar-refractivity contribution in [3.05, 3.63) is 41.3 Å². The van der Waals surface area contributed by atoms with Crippen molar-refractivity contribution in [3.8, 4) is 11.8 Å². The van der Waals surface area contributed by atoms with Crippen molar-refractivity contribution in [2.24, 2.45) is 5.73 Å². The van der Waals surface area contributed by atoms with E-state index in [1.54, 1.807) is 12.1 Å². The predicted molar refractivity (Wildman–Crippen MR) is 76.8 cm³/mol. The van der Waals surface area contributed by atoms with E-state index >= 15 is 0 Å². The number of hydrogen-bond donors (Lipinski definition) is 3. The number of imidazole rings is 1. The Hall–Kier alpha value is -2.01. The van der Waals surface area contributed by atoms with Crippen LogP contribution in [0.5, 0.6) is 0 Å². The Labute approximate surface area is 121 Å². The minimum atomic E-state index is -3.74. The largest absolute Gasteiger partial charge is 0.334 e. The molecule has 1 aromatic carbocycles. The number of halogens is 1. The molecule has 8 heteroatoms. The molecule has 0 amide bonds. The first-order valence-electron chi connectivity index (χ1n) is 5.52. The molecule has 1 aromatic heterocycles. The van der Waals surface area contributed by atoms with Gasteiger partial charge in [-0.15, -0.1) is 0 Å². The Morgan fingerprint density at radius 3 is 2.90 bits per heavy atom. The van der Waals surface area contributed by atoms with Crippen LogP contribution in [0.3, 0.4) is 0 Å². The van der Waals surface area contributed by atoms with E-state index in [-0.39, 0.29) is 11.6 Å². The average molecular weight is 311 g/mol. The smallest absolute Gasteiger partial charge is 0.279 e. The second-order valence-electron chi connectivity index (χ2n) is 3.72. The molecule has 104 valence electrons. The van der Waals surface area contributed by atoms with Gasteiger partial charge >= 0.3 is 0 Å². The van der Waals surface area contributed by atoms with Crippen molar-refractivity contribution < 1.29 is 8.42 Å². The molecule has 0 aliphatic carbocycles. The molecule has 2 aromatic rings. The maximum absolute atomic E-state index is 12.1. The summed E-state index contributed by atoms with van der Waals surface area (Å²) >= 11 is 5.87. The summed E-state index contributed by atoms with van der Waals surface area (Å²) in [6.45, 7) is 0.166. The summed E-state index contributed by atoms with van der Waals surface area (Å²) in [7, 11) is -3.74. The molecule has 0 atom stereocenters. The van der Waals surface area contributed by atoms with Crippen molar-refractivity contribution in [2.75, 3.05) is 11.3 Å². The molecule has 0 spiro atoms. The van der Waals surface area contributed by atoms with E-state index in [1.807, 2.05) is 0 Å². The molecule has 20 heavy (non-hydrogen) atoms. The van der Waals surface area contributed by atoms with Crippen molar-refractivity contribution >= 4 is 27.3 Å². The fourth-order valence-corrected chi connectivity index (χ4v) is 2.60. The monoisotopic (exact) mass is 310 g/mol. The van der Waals surface area contributed by atoms with Crippen molar-refractivity contribution in [1.29, 1.82) is 0 Å². The van der Waals surface area contributed by atoms with Gasteiger partial charge < -0.3 is 10.7 Å². The Morgan fingerprint density at radius 1 is 1.45 bits per heavy atom. The quantitative estimate of drug-likeness (QED) is 0.741. The van der Waals surface area contributed by atoms with Gasteiger partial charge in [0, 0.05) is 5.02 Å². The Morgan fingerprint density at radius 2 is 2.25 bits per heavy atom. The first-order valence-corrected chi connectivity index (χ1v) is 7.39. The summed E-state index contributed by atoms with van der Waals surface area (Å²) < 4.78 is 26.6. The molecular weight excluding hydrogens is 300 g/mol. The normalized spacial score (nSPS) is 10.7.